The number of morpholine rings is 1. The van der Waals surface area contributed by atoms with Gasteiger partial charge in [-0.3, -0.25) is 0 Å². The third-order valence-corrected chi connectivity index (χ3v) is 3.62. The number of aliphatic hydroxyl groups is 1. The molecule has 1 aliphatic carbocycles. The molecule has 1 heterocycles. The Hall–Kier alpha value is -0.160. The van der Waals surface area contributed by atoms with Gasteiger partial charge in [0.15, 0.2) is 0 Å². The van der Waals surface area contributed by atoms with Gasteiger partial charge < -0.3 is 19.9 Å². The second-order valence-corrected chi connectivity index (χ2v) is 6.08. The van der Waals surface area contributed by atoms with Crippen molar-refractivity contribution in [3.05, 3.63) is 0 Å². The highest BCUT2D eigenvalue weighted by Crippen LogP contribution is 2.29. The molecule has 1 atom stereocenters. The van der Waals surface area contributed by atoms with Crippen molar-refractivity contribution in [1.82, 2.24) is 5.32 Å². The molecule has 17 heavy (non-hydrogen) atoms. The quantitative estimate of drug-likeness (QED) is 0.775. The average molecular weight is 243 g/mol. The van der Waals surface area contributed by atoms with Crippen molar-refractivity contribution in [3.8, 4) is 0 Å². The van der Waals surface area contributed by atoms with E-state index in [1.807, 2.05) is 0 Å². The van der Waals surface area contributed by atoms with E-state index in [1.165, 1.54) is 0 Å². The Labute approximate surface area is 104 Å². The molecule has 0 aromatic carbocycles. The van der Waals surface area contributed by atoms with Crippen molar-refractivity contribution >= 4 is 0 Å². The van der Waals surface area contributed by atoms with E-state index >= 15 is 0 Å². The molecule has 1 aliphatic heterocycles. The van der Waals surface area contributed by atoms with E-state index in [2.05, 4.69) is 19.2 Å². The molecule has 4 heteroatoms. The predicted molar refractivity (Wildman–Crippen MR) is 66.1 cm³/mol. The van der Waals surface area contributed by atoms with Crippen LogP contribution in [0.5, 0.6) is 0 Å². The zero-order valence-electron chi connectivity index (χ0n) is 11.0. The molecule has 0 radical (unpaired) electrons. The van der Waals surface area contributed by atoms with Gasteiger partial charge in [-0.25, -0.2) is 0 Å². The molecule has 0 aromatic heterocycles. The van der Waals surface area contributed by atoms with Crippen molar-refractivity contribution in [1.29, 1.82) is 0 Å². The summed E-state index contributed by atoms with van der Waals surface area (Å²) < 4.78 is 11.5. The molecule has 0 bridgehead atoms. The molecule has 1 saturated heterocycles. The van der Waals surface area contributed by atoms with Crippen LogP contribution in [0.25, 0.3) is 0 Å². The van der Waals surface area contributed by atoms with Gasteiger partial charge in [-0.2, -0.15) is 0 Å². The third kappa shape index (κ3) is 3.91. The van der Waals surface area contributed by atoms with E-state index in [0.717, 1.165) is 38.8 Å². The predicted octanol–water partition coefficient (Wildman–Crippen LogP) is 1.08. The normalized spacial score (nSPS) is 31.6. The maximum atomic E-state index is 10.1. The van der Waals surface area contributed by atoms with E-state index < -0.39 is 5.60 Å². The van der Waals surface area contributed by atoms with E-state index in [1.54, 1.807) is 0 Å². The molecule has 4 nitrogen and oxygen atoms in total. The summed E-state index contributed by atoms with van der Waals surface area (Å²) in [6.07, 6.45) is 4.09. The lowest BCUT2D eigenvalue weighted by atomic mass is 10.0. The van der Waals surface area contributed by atoms with Crippen LogP contribution in [0.15, 0.2) is 0 Å². The first-order chi connectivity index (χ1) is 7.99. The number of hydrogen-bond donors (Lipinski definition) is 2. The summed E-state index contributed by atoms with van der Waals surface area (Å²) in [5.74, 6) is 0. The maximum Gasteiger partial charge on any atom is 0.0940 e. The van der Waals surface area contributed by atoms with Crippen LogP contribution in [0.2, 0.25) is 0 Å². The molecule has 1 saturated carbocycles. The van der Waals surface area contributed by atoms with Crippen molar-refractivity contribution in [2.24, 2.45) is 0 Å². The first-order valence-electron chi connectivity index (χ1n) is 6.68. The van der Waals surface area contributed by atoms with Gasteiger partial charge in [0.1, 0.15) is 0 Å². The van der Waals surface area contributed by atoms with Gasteiger partial charge in [0.25, 0.3) is 0 Å². The highest BCUT2D eigenvalue weighted by atomic mass is 16.6. The Morgan fingerprint density at radius 3 is 2.71 bits per heavy atom. The summed E-state index contributed by atoms with van der Waals surface area (Å²) in [7, 11) is 0. The van der Waals surface area contributed by atoms with Gasteiger partial charge in [0, 0.05) is 13.1 Å². The van der Waals surface area contributed by atoms with Crippen LogP contribution in [0.4, 0.5) is 0 Å². The maximum absolute atomic E-state index is 10.1. The van der Waals surface area contributed by atoms with Crippen molar-refractivity contribution in [3.63, 3.8) is 0 Å². The number of rotatable bonds is 4. The second kappa shape index (κ2) is 5.22. The van der Waals surface area contributed by atoms with Crippen LogP contribution in [0, 0.1) is 0 Å². The smallest absolute Gasteiger partial charge is 0.0940 e. The summed E-state index contributed by atoms with van der Waals surface area (Å²) in [5.41, 5.74) is -0.686. The van der Waals surface area contributed by atoms with E-state index in [-0.39, 0.29) is 11.7 Å². The first kappa shape index (κ1) is 13.3. The summed E-state index contributed by atoms with van der Waals surface area (Å²) in [4.78, 5) is 0. The van der Waals surface area contributed by atoms with E-state index in [4.69, 9.17) is 9.47 Å². The van der Waals surface area contributed by atoms with Gasteiger partial charge in [-0.15, -0.1) is 0 Å². The number of hydrogen-bond acceptors (Lipinski definition) is 4. The molecular formula is C13H25NO3. The molecular weight excluding hydrogens is 218 g/mol. The van der Waals surface area contributed by atoms with E-state index in [9.17, 15) is 5.11 Å². The monoisotopic (exact) mass is 243 g/mol. The topological polar surface area (TPSA) is 50.7 Å². The lowest BCUT2D eigenvalue weighted by Crippen LogP contribution is -2.52. The minimum absolute atomic E-state index is 0.101. The molecule has 2 aliphatic rings. The van der Waals surface area contributed by atoms with Gasteiger partial charge in [0.2, 0.25) is 0 Å². The van der Waals surface area contributed by atoms with E-state index in [0.29, 0.717) is 13.2 Å². The molecule has 2 fully saturated rings. The van der Waals surface area contributed by atoms with Crippen LogP contribution in [-0.2, 0) is 9.47 Å². The van der Waals surface area contributed by atoms with Crippen molar-refractivity contribution < 1.29 is 14.6 Å². The summed E-state index contributed by atoms with van der Waals surface area (Å²) in [6.45, 7) is 6.90. The Bertz CT molecular complexity index is 249. The zero-order valence-corrected chi connectivity index (χ0v) is 11.0. The van der Waals surface area contributed by atoms with Crippen molar-refractivity contribution in [2.75, 3.05) is 26.3 Å². The van der Waals surface area contributed by atoms with Gasteiger partial charge in [0.05, 0.1) is 30.5 Å². The highest BCUT2D eigenvalue weighted by Gasteiger charge is 2.32. The standard InChI is InChI=1S/C13H25NO3/c1-12(2)9-14-7-11(17-12)8-16-10-13(15)5-3-4-6-13/h11,14-15H,3-10H2,1-2H3. The molecule has 2 rings (SSSR count). The number of nitrogens with one attached hydrogen (secondary N) is 1. The van der Waals surface area contributed by atoms with Crippen LogP contribution in [0.1, 0.15) is 39.5 Å². The lowest BCUT2D eigenvalue weighted by molar-refractivity contribution is -0.133. The van der Waals surface area contributed by atoms with Crippen LogP contribution in [0.3, 0.4) is 0 Å². The molecule has 1 unspecified atom stereocenters. The lowest BCUT2D eigenvalue weighted by Gasteiger charge is -2.36. The second-order valence-electron chi connectivity index (χ2n) is 6.08. The first-order valence-corrected chi connectivity index (χ1v) is 6.68. The van der Waals surface area contributed by atoms with Crippen LogP contribution >= 0.6 is 0 Å². The molecule has 2 N–H and O–H groups in total. The Kier molecular flexibility index (Phi) is 4.08. The third-order valence-electron chi connectivity index (χ3n) is 3.62. The Morgan fingerprint density at radius 1 is 1.35 bits per heavy atom. The molecule has 0 amide bonds. The largest absolute Gasteiger partial charge is 0.387 e. The highest BCUT2D eigenvalue weighted by molar-refractivity contribution is 4.85. The fourth-order valence-electron chi connectivity index (χ4n) is 2.72. The minimum atomic E-state index is -0.572. The summed E-state index contributed by atoms with van der Waals surface area (Å²) >= 11 is 0. The SMILES string of the molecule is CC1(C)CNCC(COCC2(O)CCCC2)O1. The van der Waals surface area contributed by atoms with Crippen molar-refractivity contribution in [2.45, 2.75) is 56.8 Å². The van der Waals surface area contributed by atoms with Gasteiger partial charge >= 0.3 is 0 Å². The molecule has 100 valence electrons. The van der Waals surface area contributed by atoms with Gasteiger partial charge in [-0.05, 0) is 26.7 Å². The Morgan fingerprint density at radius 2 is 2.06 bits per heavy atom. The average Bonchev–Trinajstić information content (AvgIpc) is 2.64. The minimum Gasteiger partial charge on any atom is -0.387 e. The molecule has 0 spiro atoms. The fourth-order valence-corrected chi connectivity index (χ4v) is 2.72. The van der Waals surface area contributed by atoms with Gasteiger partial charge in [-0.1, -0.05) is 12.8 Å². The summed E-state index contributed by atoms with van der Waals surface area (Å²) in [5, 5.41) is 13.5. The fraction of sp³-hybridized carbons (Fsp3) is 1.00. The van der Waals surface area contributed by atoms with Crippen LogP contribution < -0.4 is 5.32 Å². The number of ether oxygens (including phenoxy) is 2. The van der Waals surface area contributed by atoms with Crippen LogP contribution in [-0.4, -0.2) is 48.7 Å². The summed E-state index contributed by atoms with van der Waals surface area (Å²) in [6, 6.07) is 0. The molecule has 0 aromatic rings. The Balaban J connectivity index is 1.68. The zero-order chi connectivity index (χ0) is 12.4.